The highest BCUT2D eigenvalue weighted by atomic mass is 32.2. The van der Waals surface area contributed by atoms with Crippen LogP contribution < -0.4 is 4.74 Å². The van der Waals surface area contributed by atoms with Crippen molar-refractivity contribution in [1.82, 2.24) is 4.98 Å². The number of hydrogen-bond donors (Lipinski definition) is 0. The van der Waals surface area contributed by atoms with Crippen molar-refractivity contribution in [3.05, 3.63) is 42.1 Å². The van der Waals surface area contributed by atoms with E-state index in [0.717, 1.165) is 6.07 Å². The average Bonchev–Trinajstić information content (AvgIpc) is 2.37. The predicted molar refractivity (Wildman–Crippen MR) is 61.2 cm³/mol. The maximum atomic E-state index is 12.6. The van der Waals surface area contributed by atoms with Gasteiger partial charge in [0.15, 0.2) is 5.75 Å². The van der Waals surface area contributed by atoms with Gasteiger partial charge in [0.25, 0.3) is 0 Å². The van der Waals surface area contributed by atoms with Gasteiger partial charge in [-0.15, -0.1) is 0 Å². The Morgan fingerprint density at radius 1 is 1.10 bits per heavy atom. The predicted octanol–water partition coefficient (Wildman–Crippen LogP) is 3.04. The van der Waals surface area contributed by atoms with E-state index in [9.17, 15) is 21.6 Å². The Morgan fingerprint density at radius 3 is 2.55 bits per heavy atom. The first-order chi connectivity index (χ1) is 9.30. The van der Waals surface area contributed by atoms with Gasteiger partial charge < -0.3 is 4.74 Å². The van der Waals surface area contributed by atoms with Gasteiger partial charge in [-0.2, -0.15) is 13.2 Å². The number of aromatic nitrogens is 1. The second-order valence-electron chi connectivity index (χ2n) is 4.07. The summed E-state index contributed by atoms with van der Waals surface area (Å²) in [5.41, 5.74) is -0.973. The smallest absolute Gasteiger partial charge is 0.416 e. The van der Waals surface area contributed by atoms with Crippen LogP contribution in [0.1, 0.15) is 5.56 Å². The lowest BCUT2D eigenvalue weighted by atomic mass is 10.2. The van der Waals surface area contributed by atoms with E-state index in [4.69, 9.17) is 4.74 Å². The minimum absolute atomic E-state index is 0.0840. The summed E-state index contributed by atoms with van der Waals surface area (Å²) in [6, 6.07) is 5.03. The van der Waals surface area contributed by atoms with Gasteiger partial charge in [0.1, 0.15) is 10.6 Å². The molecule has 1 aliphatic rings. The van der Waals surface area contributed by atoms with E-state index >= 15 is 0 Å². The minimum atomic E-state index is -4.57. The maximum absolute atomic E-state index is 12.6. The number of rotatable bonds is 0. The van der Waals surface area contributed by atoms with E-state index in [1.807, 2.05) is 0 Å². The summed E-state index contributed by atoms with van der Waals surface area (Å²) in [7, 11) is -3.97. The van der Waals surface area contributed by atoms with Crippen LogP contribution in [-0.4, -0.2) is 13.4 Å². The van der Waals surface area contributed by atoms with Crippen molar-refractivity contribution in [3.8, 4) is 11.5 Å². The molecule has 0 spiro atoms. The highest BCUT2D eigenvalue weighted by Crippen LogP contribution is 2.43. The van der Waals surface area contributed by atoms with Crippen molar-refractivity contribution in [2.75, 3.05) is 0 Å². The number of ether oxygens (including phenoxy) is 1. The number of sulfone groups is 1. The first-order valence-corrected chi connectivity index (χ1v) is 6.88. The molecule has 8 heteroatoms. The van der Waals surface area contributed by atoms with Gasteiger partial charge in [-0.3, -0.25) is 0 Å². The van der Waals surface area contributed by atoms with Gasteiger partial charge >= 0.3 is 6.18 Å². The van der Waals surface area contributed by atoms with Crippen LogP contribution in [0.25, 0.3) is 0 Å². The van der Waals surface area contributed by atoms with Crippen LogP contribution in [0.3, 0.4) is 0 Å². The first-order valence-electron chi connectivity index (χ1n) is 5.39. The molecule has 0 atom stereocenters. The van der Waals surface area contributed by atoms with Gasteiger partial charge in [0.05, 0.1) is 5.56 Å². The lowest BCUT2D eigenvalue weighted by Crippen LogP contribution is -2.14. The quantitative estimate of drug-likeness (QED) is 0.640. The van der Waals surface area contributed by atoms with Crippen molar-refractivity contribution in [1.29, 1.82) is 0 Å². The zero-order valence-electron chi connectivity index (χ0n) is 9.68. The van der Waals surface area contributed by atoms with Crippen molar-refractivity contribution >= 4 is 9.84 Å². The first kappa shape index (κ1) is 12.9. The van der Waals surface area contributed by atoms with Crippen molar-refractivity contribution < 1.29 is 26.3 Å². The second kappa shape index (κ2) is 3.95. The second-order valence-corrected chi connectivity index (χ2v) is 5.90. The minimum Gasteiger partial charge on any atom is -0.453 e. The van der Waals surface area contributed by atoms with Crippen LogP contribution >= 0.6 is 0 Å². The zero-order valence-corrected chi connectivity index (χ0v) is 10.5. The molecule has 2 heterocycles. The topological polar surface area (TPSA) is 56.3 Å². The molecule has 0 bridgehead atoms. The number of pyridine rings is 1. The lowest BCUT2D eigenvalue weighted by molar-refractivity contribution is -0.137. The molecule has 0 saturated heterocycles. The summed E-state index contributed by atoms with van der Waals surface area (Å²) < 4.78 is 67.6. The molecule has 0 unspecified atom stereocenters. The molecule has 104 valence electrons. The zero-order chi connectivity index (χ0) is 14.5. The lowest BCUT2D eigenvalue weighted by Gasteiger charge is -2.20. The molecular weight excluding hydrogens is 295 g/mol. The third-order valence-corrected chi connectivity index (χ3v) is 4.50. The van der Waals surface area contributed by atoms with Crippen LogP contribution in [0.5, 0.6) is 11.5 Å². The Hall–Kier alpha value is -2.09. The third-order valence-electron chi connectivity index (χ3n) is 2.77. The van der Waals surface area contributed by atoms with Crippen molar-refractivity contribution in [2.24, 2.45) is 0 Å². The fraction of sp³-hybridized carbons (Fsp3) is 0.0833. The fourth-order valence-corrected chi connectivity index (χ4v) is 3.26. The number of halogens is 3. The van der Waals surface area contributed by atoms with E-state index in [1.165, 1.54) is 18.3 Å². The number of nitrogens with zero attached hydrogens (tertiary/aromatic N) is 1. The molecule has 0 fully saturated rings. The van der Waals surface area contributed by atoms with Gasteiger partial charge in [-0.1, -0.05) is 0 Å². The standard InChI is InChI=1S/C12H6F3NO3S/c13-12(14,15)7-3-4-10-9(6-7)19-8-2-1-5-16-11(8)20(10,17)18/h1-6H. The maximum Gasteiger partial charge on any atom is 0.416 e. The molecule has 2 aromatic rings. The molecule has 1 aromatic heterocycles. The molecule has 0 N–H and O–H groups in total. The molecule has 0 radical (unpaired) electrons. The molecular formula is C12H6F3NO3S. The number of benzene rings is 1. The summed E-state index contributed by atoms with van der Waals surface area (Å²) in [4.78, 5) is 3.38. The molecule has 1 aliphatic heterocycles. The largest absolute Gasteiger partial charge is 0.453 e. The molecule has 1 aromatic carbocycles. The number of alkyl halides is 3. The molecule has 0 aliphatic carbocycles. The molecule has 0 saturated carbocycles. The summed E-state index contributed by atoms with van der Waals surface area (Å²) >= 11 is 0. The van der Waals surface area contributed by atoms with Gasteiger partial charge in [-0.25, -0.2) is 13.4 Å². The summed E-state index contributed by atoms with van der Waals surface area (Å²) in [5.74, 6) is -0.431. The summed E-state index contributed by atoms with van der Waals surface area (Å²) in [6.07, 6.45) is -3.30. The van der Waals surface area contributed by atoms with Crippen LogP contribution in [0.4, 0.5) is 13.2 Å². The SMILES string of the molecule is O=S1(=O)c2ccc(C(F)(F)F)cc2Oc2cccnc21. The third kappa shape index (κ3) is 1.83. The Labute approximate surface area is 111 Å². The Bertz CT molecular complexity index is 800. The van der Waals surface area contributed by atoms with E-state index in [-0.39, 0.29) is 21.4 Å². The Kier molecular flexibility index (Phi) is 2.55. The van der Waals surface area contributed by atoms with Crippen LogP contribution in [0, 0.1) is 0 Å². The van der Waals surface area contributed by atoms with E-state index < -0.39 is 21.6 Å². The van der Waals surface area contributed by atoms with Gasteiger partial charge in [0, 0.05) is 6.20 Å². The van der Waals surface area contributed by atoms with Crippen LogP contribution in [0.15, 0.2) is 46.5 Å². The Morgan fingerprint density at radius 2 is 1.85 bits per heavy atom. The number of hydrogen-bond acceptors (Lipinski definition) is 4. The average molecular weight is 301 g/mol. The monoisotopic (exact) mass is 301 g/mol. The van der Waals surface area contributed by atoms with Crippen LogP contribution in [-0.2, 0) is 16.0 Å². The van der Waals surface area contributed by atoms with Crippen LogP contribution in [0.2, 0.25) is 0 Å². The fourth-order valence-electron chi connectivity index (χ4n) is 1.86. The van der Waals surface area contributed by atoms with Gasteiger partial charge in [-0.05, 0) is 30.3 Å². The highest BCUT2D eigenvalue weighted by molar-refractivity contribution is 7.91. The normalized spacial score (nSPS) is 15.9. The number of fused-ring (bicyclic) bond motifs is 2. The van der Waals surface area contributed by atoms with E-state index in [0.29, 0.717) is 12.1 Å². The Balaban J connectivity index is 2.24. The summed E-state index contributed by atoms with van der Waals surface area (Å²) in [6.45, 7) is 0. The van der Waals surface area contributed by atoms with E-state index in [2.05, 4.69) is 4.98 Å². The van der Waals surface area contributed by atoms with Crippen molar-refractivity contribution in [2.45, 2.75) is 16.1 Å². The molecule has 0 amide bonds. The molecule has 4 nitrogen and oxygen atoms in total. The van der Waals surface area contributed by atoms with Gasteiger partial charge in [0.2, 0.25) is 14.9 Å². The molecule has 3 rings (SSSR count). The highest BCUT2D eigenvalue weighted by Gasteiger charge is 2.36. The van der Waals surface area contributed by atoms with E-state index in [1.54, 1.807) is 0 Å². The molecule has 20 heavy (non-hydrogen) atoms. The van der Waals surface area contributed by atoms with Crippen molar-refractivity contribution in [3.63, 3.8) is 0 Å². The summed E-state index contributed by atoms with van der Waals surface area (Å²) in [5, 5.41) is -0.299.